The third kappa shape index (κ3) is 4.05. The molecule has 1 heterocycles. The Morgan fingerprint density at radius 3 is 2.48 bits per heavy atom. The molecule has 0 radical (unpaired) electrons. The largest absolute Gasteiger partial charge is 0.326 e. The number of anilines is 1. The topological polar surface area (TPSA) is 59.8 Å². The first-order valence-corrected chi connectivity index (χ1v) is 8.84. The summed E-state index contributed by atoms with van der Waals surface area (Å²) in [6.07, 6.45) is 2.45. The highest BCUT2D eigenvalue weighted by atomic mass is 16.1. The fourth-order valence-corrected chi connectivity index (χ4v) is 2.66. The zero-order chi connectivity index (χ0) is 17.8. The SMILES string of the molecule is CCCCC(=O)Nc1ccc2nn(-c3ccc(C(C)C)cc3)nc2c1. The summed E-state index contributed by atoms with van der Waals surface area (Å²) in [5.41, 5.74) is 4.54. The highest BCUT2D eigenvalue weighted by molar-refractivity contribution is 5.92. The Morgan fingerprint density at radius 2 is 1.80 bits per heavy atom. The minimum absolute atomic E-state index is 0.0397. The molecule has 0 fully saturated rings. The Hall–Kier alpha value is -2.69. The van der Waals surface area contributed by atoms with Gasteiger partial charge in [0.15, 0.2) is 0 Å². The van der Waals surface area contributed by atoms with Crippen molar-refractivity contribution in [1.82, 2.24) is 15.0 Å². The number of hydrogen-bond donors (Lipinski definition) is 1. The molecule has 5 heteroatoms. The molecule has 25 heavy (non-hydrogen) atoms. The molecule has 0 bridgehead atoms. The molecule has 130 valence electrons. The molecule has 0 aliphatic heterocycles. The van der Waals surface area contributed by atoms with E-state index < -0.39 is 0 Å². The van der Waals surface area contributed by atoms with E-state index in [1.165, 1.54) is 5.56 Å². The van der Waals surface area contributed by atoms with Crippen LogP contribution in [-0.2, 0) is 4.79 Å². The summed E-state index contributed by atoms with van der Waals surface area (Å²) in [5, 5.41) is 12.0. The smallest absolute Gasteiger partial charge is 0.224 e. The van der Waals surface area contributed by atoms with Crippen LogP contribution in [0.4, 0.5) is 5.69 Å². The summed E-state index contributed by atoms with van der Waals surface area (Å²) in [4.78, 5) is 13.5. The lowest BCUT2D eigenvalue weighted by molar-refractivity contribution is -0.116. The van der Waals surface area contributed by atoms with Gasteiger partial charge in [0, 0.05) is 12.1 Å². The normalized spacial score (nSPS) is 11.2. The molecule has 0 atom stereocenters. The van der Waals surface area contributed by atoms with Crippen molar-refractivity contribution in [1.29, 1.82) is 0 Å². The minimum atomic E-state index is 0.0397. The van der Waals surface area contributed by atoms with Crippen molar-refractivity contribution in [3.63, 3.8) is 0 Å². The van der Waals surface area contributed by atoms with Gasteiger partial charge < -0.3 is 5.32 Å². The molecular formula is C20H24N4O. The molecule has 1 N–H and O–H groups in total. The Morgan fingerprint density at radius 1 is 1.08 bits per heavy atom. The summed E-state index contributed by atoms with van der Waals surface area (Å²) in [6, 6.07) is 13.9. The van der Waals surface area contributed by atoms with Crippen LogP contribution in [0.15, 0.2) is 42.5 Å². The number of rotatable bonds is 6. The van der Waals surface area contributed by atoms with E-state index in [9.17, 15) is 4.79 Å². The molecule has 0 saturated heterocycles. The lowest BCUT2D eigenvalue weighted by Gasteiger charge is -2.05. The molecule has 3 rings (SSSR count). The van der Waals surface area contributed by atoms with E-state index >= 15 is 0 Å². The van der Waals surface area contributed by atoms with Crippen LogP contribution in [0.2, 0.25) is 0 Å². The van der Waals surface area contributed by atoms with Gasteiger partial charge in [-0.15, -0.1) is 10.2 Å². The van der Waals surface area contributed by atoms with Crippen LogP contribution in [0, 0.1) is 0 Å². The number of unbranched alkanes of at least 4 members (excludes halogenated alkanes) is 1. The number of amides is 1. The van der Waals surface area contributed by atoms with Crippen LogP contribution < -0.4 is 5.32 Å². The van der Waals surface area contributed by atoms with Crippen LogP contribution in [0.25, 0.3) is 16.7 Å². The van der Waals surface area contributed by atoms with Crippen molar-refractivity contribution in [3.8, 4) is 5.69 Å². The molecule has 1 amide bonds. The van der Waals surface area contributed by atoms with E-state index in [1.807, 2.05) is 30.3 Å². The number of nitrogens with one attached hydrogen (secondary N) is 1. The first-order chi connectivity index (χ1) is 12.1. The zero-order valence-corrected chi connectivity index (χ0v) is 15.0. The number of aromatic nitrogens is 3. The Kier molecular flexibility index (Phi) is 5.12. The minimum Gasteiger partial charge on any atom is -0.326 e. The molecular weight excluding hydrogens is 312 g/mol. The van der Waals surface area contributed by atoms with Crippen LogP contribution in [0.1, 0.15) is 51.5 Å². The van der Waals surface area contributed by atoms with Crippen LogP contribution in [-0.4, -0.2) is 20.9 Å². The zero-order valence-electron chi connectivity index (χ0n) is 15.0. The molecule has 5 nitrogen and oxygen atoms in total. The first kappa shape index (κ1) is 17.1. The average molecular weight is 336 g/mol. The van der Waals surface area contributed by atoms with Gasteiger partial charge in [0.1, 0.15) is 11.0 Å². The van der Waals surface area contributed by atoms with Gasteiger partial charge in [0.25, 0.3) is 0 Å². The summed E-state index contributed by atoms with van der Waals surface area (Å²) in [7, 11) is 0. The maximum atomic E-state index is 11.9. The van der Waals surface area contributed by atoms with Gasteiger partial charge in [0.2, 0.25) is 5.91 Å². The van der Waals surface area contributed by atoms with Gasteiger partial charge in [-0.1, -0.05) is 39.3 Å². The summed E-state index contributed by atoms with van der Waals surface area (Å²) < 4.78 is 0. The van der Waals surface area contributed by atoms with Gasteiger partial charge in [-0.2, -0.15) is 4.80 Å². The predicted octanol–water partition coefficient (Wildman–Crippen LogP) is 4.67. The van der Waals surface area contributed by atoms with Gasteiger partial charge >= 0.3 is 0 Å². The van der Waals surface area contributed by atoms with Crippen LogP contribution in [0.5, 0.6) is 0 Å². The van der Waals surface area contributed by atoms with Crippen molar-refractivity contribution in [2.45, 2.75) is 46.0 Å². The standard InChI is InChI=1S/C20H24N4O/c1-4-5-6-20(25)21-16-9-12-18-19(13-16)23-24(22-18)17-10-7-15(8-11-17)14(2)3/h7-14H,4-6H2,1-3H3,(H,21,25). The number of hydrogen-bond acceptors (Lipinski definition) is 3. The molecule has 0 aliphatic carbocycles. The number of benzene rings is 2. The Bertz CT molecular complexity index is 865. The van der Waals surface area contributed by atoms with E-state index in [0.29, 0.717) is 12.3 Å². The summed E-state index contributed by atoms with van der Waals surface area (Å²) in [6.45, 7) is 6.42. The predicted molar refractivity (Wildman–Crippen MR) is 101 cm³/mol. The number of nitrogens with zero attached hydrogens (tertiary/aromatic N) is 3. The van der Waals surface area contributed by atoms with Gasteiger partial charge in [-0.05, 0) is 48.2 Å². The highest BCUT2D eigenvalue weighted by Gasteiger charge is 2.08. The third-order valence-corrected chi connectivity index (χ3v) is 4.21. The average Bonchev–Trinajstić information content (AvgIpc) is 3.03. The van der Waals surface area contributed by atoms with Crippen molar-refractivity contribution < 1.29 is 4.79 Å². The first-order valence-electron chi connectivity index (χ1n) is 8.84. The molecule has 0 unspecified atom stereocenters. The quantitative estimate of drug-likeness (QED) is 0.711. The van der Waals surface area contributed by atoms with Crippen LogP contribution in [0.3, 0.4) is 0 Å². The van der Waals surface area contributed by atoms with Crippen molar-refractivity contribution in [2.75, 3.05) is 5.32 Å². The fourth-order valence-electron chi connectivity index (χ4n) is 2.66. The maximum Gasteiger partial charge on any atom is 0.224 e. The highest BCUT2D eigenvalue weighted by Crippen LogP contribution is 2.20. The second kappa shape index (κ2) is 7.47. The van der Waals surface area contributed by atoms with Crippen molar-refractivity contribution in [3.05, 3.63) is 48.0 Å². The fraction of sp³-hybridized carbons (Fsp3) is 0.350. The van der Waals surface area contributed by atoms with E-state index in [4.69, 9.17) is 0 Å². The van der Waals surface area contributed by atoms with Gasteiger partial charge in [-0.3, -0.25) is 4.79 Å². The molecule has 3 aromatic rings. The molecule has 1 aromatic heterocycles. The monoisotopic (exact) mass is 336 g/mol. The summed E-state index contributed by atoms with van der Waals surface area (Å²) in [5.74, 6) is 0.537. The second-order valence-electron chi connectivity index (χ2n) is 6.59. The van der Waals surface area contributed by atoms with E-state index in [-0.39, 0.29) is 5.91 Å². The number of carbonyl (C=O) groups is 1. The lowest BCUT2D eigenvalue weighted by atomic mass is 10.0. The van der Waals surface area contributed by atoms with Crippen LogP contribution >= 0.6 is 0 Å². The summed E-state index contributed by atoms with van der Waals surface area (Å²) >= 11 is 0. The van der Waals surface area contributed by atoms with E-state index in [1.54, 1.807) is 4.80 Å². The number of fused-ring (bicyclic) bond motifs is 1. The third-order valence-electron chi connectivity index (χ3n) is 4.21. The van der Waals surface area contributed by atoms with E-state index in [2.05, 4.69) is 48.4 Å². The van der Waals surface area contributed by atoms with Crippen molar-refractivity contribution in [2.24, 2.45) is 0 Å². The van der Waals surface area contributed by atoms with Gasteiger partial charge in [0.05, 0.1) is 5.69 Å². The maximum absolute atomic E-state index is 11.9. The molecule has 0 aliphatic rings. The second-order valence-corrected chi connectivity index (χ2v) is 6.59. The van der Waals surface area contributed by atoms with E-state index in [0.717, 1.165) is 35.2 Å². The van der Waals surface area contributed by atoms with Gasteiger partial charge in [-0.25, -0.2) is 0 Å². The molecule has 0 saturated carbocycles. The number of carbonyl (C=O) groups excluding carboxylic acids is 1. The molecule has 2 aromatic carbocycles. The van der Waals surface area contributed by atoms with Crippen molar-refractivity contribution >= 4 is 22.6 Å². The Labute approximate surface area is 148 Å². The Balaban J connectivity index is 1.81. The lowest BCUT2D eigenvalue weighted by Crippen LogP contribution is -2.10. The molecule has 0 spiro atoms.